The van der Waals surface area contributed by atoms with E-state index >= 15 is 0 Å². The zero-order valence-corrected chi connectivity index (χ0v) is 13.2. The van der Waals surface area contributed by atoms with Gasteiger partial charge in [0.1, 0.15) is 17.7 Å². The summed E-state index contributed by atoms with van der Waals surface area (Å²) < 4.78 is 5.81. The summed E-state index contributed by atoms with van der Waals surface area (Å²) in [6.45, 7) is 5.91. The van der Waals surface area contributed by atoms with Crippen LogP contribution in [0.5, 0.6) is 0 Å². The zero-order valence-electron chi connectivity index (χ0n) is 13.2. The van der Waals surface area contributed by atoms with Crippen LogP contribution in [0.3, 0.4) is 0 Å². The minimum atomic E-state index is 0.446. The second kappa shape index (κ2) is 6.41. The minimum Gasteiger partial charge on any atom is -0.441 e. The van der Waals surface area contributed by atoms with E-state index in [0.717, 1.165) is 30.0 Å². The molecule has 0 radical (unpaired) electrons. The number of aromatic amines is 1. The van der Waals surface area contributed by atoms with Crippen molar-refractivity contribution in [2.75, 3.05) is 18.0 Å². The van der Waals surface area contributed by atoms with Crippen LogP contribution in [0, 0.1) is 11.3 Å². The molecular formula is C18H18N4O. The van der Waals surface area contributed by atoms with Gasteiger partial charge in [0.05, 0.1) is 16.6 Å². The second-order valence-corrected chi connectivity index (χ2v) is 5.12. The lowest BCUT2D eigenvalue weighted by Crippen LogP contribution is -2.20. The van der Waals surface area contributed by atoms with E-state index in [4.69, 9.17) is 4.42 Å². The Morgan fingerprint density at radius 2 is 2.04 bits per heavy atom. The number of hydrogen-bond acceptors (Lipinski definition) is 4. The van der Waals surface area contributed by atoms with E-state index in [-0.39, 0.29) is 0 Å². The van der Waals surface area contributed by atoms with Crippen molar-refractivity contribution in [2.45, 2.75) is 13.8 Å². The molecule has 0 aliphatic carbocycles. The van der Waals surface area contributed by atoms with Gasteiger partial charge >= 0.3 is 0 Å². The van der Waals surface area contributed by atoms with E-state index in [1.807, 2.05) is 36.4 Å². The predicted octanol–water partition coefficient (Wildman–Crippen LogP) is 4.07. The highest BCUT2D eigenvalue weighted by Crippen LogP contribution is 2.23. The van der Waals surface area contributed by atoms with Gasteiger partial charge in [-0.2, -0.15) is 5.26 Å². The van der Waals surface area contributed by atoms with E-state index in [0.29, 0.717) is 17.2 Å². The Hall–Kier alpha value is -3.00. The highest BCUT2D eigenvalue weighted by Gasteiger charge is 2.10. The molecule has 0 bridgehead atoms. The highest BCUT2D eigenvalue weighted by molar-refractivity contribution is 5.89. The molecule has 116 valence electrons. The monoisotopic (exact) mass is 306 g/mol. The molecule has 2 aromatic heterocycles. The summed E-state index contributed by atoms with van der Waals surface area (Å²) in [5.74, 6) is 2.00. The van der Waals surface area contributed by atoms with Gasteiger partial charge in [0.2, 0.25) is 0 Å². The highest BCUT2D eigenvalue weighted by atomic mass is 16.4. The van der Waals surface area contributed by atoms with Crippen LogP contribution < -0.4 is 4.90 Å². The first-order valence-corrected chi connectivity index (χ1v) is 7.66. The maximum Gasteiger partial charge on any atom is 0.196 e. The van der Waals surface area contributed by atoms with Crippen LogP contribution in [-0.2, 0) is 0 Å². The number of aromatic nitrogens is 2. The van der Waals surface area contributed by atoms with Gasteiger partial charge in [0, 0.05) is 25.2 Å². The van der Waals surface area contributed by atoms with Crippen LogP contribution in [0.15, 0.2) is 40.8 Å². The maximum absolute atomic E-state index is 9.44. The number of nitriles is 1. The first kappa shape index (κ1) is 14.9. The number of imidazole rings is 1. The van der Waals surface area contributed by atoms with Crippen LogP contribution in [0.4, 0.5) is 5.88 Å². The number of rotatable bonds is 5. The molecule has 1 N–H and O–H groups in total. The van der Waals surface area contributed by atoms with Gasteiger partial charge in [-0.05, 0) is 32.0 Å². The third kappa shape index (κ3) is 2.97. The predicted molar refractivity (Wildman–Crippen MR) is 91.8 cm³/mol. The number of H-pyrrole nitrogens is 1. The summed E-state index contributed by atoms with van der Waals surface area (Å²) in [5, 5.41) is 9.44. The van der Waals surface area contributed by atoms with Crippen molar-refractivity contribution in [3.05, 3.63) is 48.0 Å². The van der Waals surface area contributed by atoms with Crippen molar-refractivity contribution >= 4 is 28.6 Å². The Balaban J connectivity index is 1.94. The normalized spacial score (nSPS) is 11.6. The lowest BCUT2D eigenvalue weighted by molar-refractivity contribution is 0.541. The quantitative estimate of drug-likeness (QED) is 0.721. The molecule has 0 aliphatic rings. The van der Waals surface area contributed by atoms with Gasteiger partial charge in [-0.3, -0.25) is 0 Å². The molecule has 5 heteroatoms. The number of allylic oxidation sites excluding steroid dienone is 1. The average Bonchev–Trinajstić information content (AvgIpc) is 3.20. The Morgan fingerprint density at radius 3 is 2.74 bits per heavy atom. The van der Waals surface area contributed by atoms with Gasteiger partial charge in [0.25, 0.3) is 0 Å². The van der Waals surface area contributed by atoms with Crippen LogP contribution >= 0.6 is 0 Å². The third-order valence-electron chi connectivity index (χ3n) is 3.74. The fourth-order valence-electron chi connectivity index (χ4n) is 2.50. The van der Waals surface area contributed by atoms with E-state index < -0.39 is 0 Å². The third-order valence-corrected chi connectivity index (χ3v) is 3.74. The molecule has 3 aromatic rings. The summed E-state index contributed by atoms with van der Waals surface area (Å²) in [6, 6.07) is 13.7. The van der Waals surface area contributed by atoms with Crippen LogP contribution in [0.2, 0.25) is 0 Å². The number of nitrogens with zero attached hydrogens (tertiary/aromatic N) is 3. The molecule has 0 unspecified atom stereocenters. The number of para-hydroxylation sites is 2. The van der Waals surface area contributed by atoms with Gasteiger partial charge < -0.3 is 14.3 Å². The second-order valence-electron chi connectivity index (χ2n) is 5.12. The SMILES string of the molecule is CCN(CC)c1ccc(/C=C(/C#N)c2nc3ccccc3[nH]2)o1. The molecule has 0 spiro atoms. The van der Waals surface area contributed by atoms with Crippen LogP contribution in [0.1, 0.15) is 25.4 Å². The minimum absolute atomic E-state index is 0.446. The fraction of sp³-hybridized carbons (Fsp3) is 0.222. The molecule has 0 saturated carbocycles. The van der Waals surface area contributed by atoms with Crippen molar-refractivity contribution in [3.63, 3.8) is 0 Å². The molecule has 0 fully saturated rings. The first-order chi connectivity index (χ1) is 11.2. The lowest BCUT2D eigenvalue weighted by atomic mass is 10.2. The van der Waals surface area contributed by atoms with E-state index in [1.54, 1.807) is 6.08 Å². The molecule has 0 aliphatic heterocycles. The van der Waals surface area contributed by atoms with Gasteiger partial charge in [-0.1, -0.05) is 12.1 Å². The molecule has 3 rings (SSSR count). The smallest absolute Gasteiger partial charge is 0.196 e. The number of nitrogens with one attached hydrogen (secondary N) is 1. The molecule has 2 heterocycles. The number of anilines is 1. The van der Waals surface area contributed by atoms with E-state index in [2.05, 4.69) is 34.8 Å². The standard InChI is InChI=1S/C18H18N4O/c1-3-22(4-2)17-10-9-14(23-17)11-13(12-19)18-20-15-7-5-6-8-16(15)21-18/h5-11H,3-4H2,1-2H3,(H,20,21)/b13-11-. The van der Waals surface area contributed by atoms with Crippen molar-refractivity contribution in [3.8, 4) is 6.07 Å². The Kier molecular flexibility index (Phi) is 4.15. The summed E-state index contributed by atoms with van der Waals surface area (Å²) in [4.78, 5) is 9.74. The Bertz CT molecular complexity index is 845. The van der Waals surface area contributed by atoms with Crippen LogP contribution in [-0.4, -0.2) is 23.1 Å². The molecule has 23 heavy (non-hydrogen) atoms. The number of benzene rings is 1. The fourth-order valence-corrected chi connectivity index (χ4v) is 2.50. The summed E-state index contributed by atoms with van der Waals surface area (Å²) in [7, 11) is 0. The number of fused-ring (bicyclic) bond motifs is 1. The van der Waals surface area contributed by atoms with Gasteiger partial charge in [-0.25, -0.2) is 4.98 Å². The molecule has 0 amide bonds. The van der Waals surface area contributed by atoms with Gasteiger partial charge in [-0.15, -0.1) is 0 Å². The van der Waals surface area contributed by atoms with Crippen molar-refractivity contribution in [1.82, 2.24) is 9.97 Å². The molecule has 0 atom stereocenters. The van der Waals surface area contributed by atoms with Crippen molar-refractivity contribution in [1.29, 1.82) is 5.26 Å². The summed E-state index contributed by atoms with van der Waals surface area (Å²) in [6.07, 6.45) is 1.71. The Labute approximate surface area is 134 Å². The lowest BCUT2D eigenvalue weighted by Gasteiger charge is -2.16. The molecule has 5 nitrogen and oxygen atoms in total. The zero-order chi connectivity index (χ0) is 16.2. The van der Waals surface area contributed by atoms with Gasteiger partial charge in [0.15, 0.2) is 5.88 Å². The molecule has 1 aromatic carbocycles. The Morgan fingerprint density at radius 1 is 1.26 bits per heavy atom. The number of furan rings is 1. The van der Waals surface area contributed by atoms with Crippen LogP contribution in [0.25, 0.3) is 22.7 Å². The maximum atomic E-state index is 9.44. The largest absolute Gasteiger partial charge is 0.441 e. The number of hydrogen-bond donors (Lipinski definition) is 1. The van der Waals surface area contributed by atoms with E-state index in [9.17, 15) is 5.26 Å². The summed E-state index contributed by atoms with van der Waals surface area (Å²) >= 11 is 0. The topological polar surface area (TPSA) is 68.8 Å². The first-order valence-electron chi connectivity index (χ1n) is 7.66. The average molecular weight is 306 g/mol. The summed E-state index contributed by atoms with van der Waals surface area (Å²) in [5.41, 5.74) is 2.19. The van der Waals surface area contributed by atoms with Crippen molar-refractivity contribution < 1.29 is 4.42 Å². The van der Waals surface area contributed by atoms with Crippen molar-refractivity contribution in [2.24, 2.45) is 0 Å². The molecule has 0 saturated heterocycles. The molecular weight excluding hydrogens is 288 g/mol. The van der Waals surface area contributed by atoms with E-state index in [1.165, 1.54) is 0 Å².